The lowest BCUT2D eigenvalue weighted by Gasteiger charge is -2.18. The van der Waals surface area contributed by atoms with Crippen molar-refractivity contribution in [1.29, 1.82) is 0 Å². The molecule has 2 aromatic rings. The van der Waals surface area contributed by atoms with Crippen LogP contribution in [-0.2, 0) is 19.7 Å². The first-order valence-corrected chi connectivity index (χ1v) is 13.3. The Labute approximate surface area is 169 Å². The van der Waals surface area contributed by atoms with E-state index in [4.69, 9.17) is 11.6 Å². The number of halogens is 1. The van der Waals surface area contributed by atoms with Gasteiger partial charge >= 0.3 is 0 Å². The highest BCUT2D eigenvalue weighted by atomic mass is 35.5. The molecule has 0 amide bonds. The molecule has 5 nitrogen and oxygen atoms in total. The number of hydrogen-bond acceptors (Lipinski definition) is 6. The summed E-state index contributed by atoms with van der Waals surface area (Å²) >= 11 is 6.89. The second kappa shape index (κ2) is 8.19. The van der Waals surface area contributed by atoms with Crippen molar-refractivity contribution in [2.45, 2.75) is 65.5 Å². The van der Waals surface area contributed by atoms with Gasteiger partial charge in [0.25, 0.3) is 0 Å². The number of hydrogen-bond donors (Lipinski definition) is 0. The fourth-order valence-corrected chi connectivity index (χ4v) is 8.70. The van der Waals surface area contributed by atoms with Gasteiger partial charge in [-0.3, -0.25) is 0 Å². The summed E-state index contributed by atoms with van der Waals surface area (Å²) in [5.74, 6) is 0.0381. The SMILES string of the molecule is CCCS(=O)(=O)c1sc(C2CCCCC2)nc1S(=O)(=O)c1ccc(Cl)cc1. The van der Waals surface area contributed by atoms with Crippen molar-refractivity contribution < 1.29 is 16.8 Å². The summed E-state index contributed by atoms with van der Waals surface area (Å²) in [4.78, 5) is 4.37. The molecular formula is C18H22ClNO4S3. The fraction of sp³-hybridized carbons (Fsp3) is 0.500. The first-order valence-electron chi connectivity index (χ1n) is 9.00. The number of rotatable bonds is 6. The quantitative estimate of drug-likeness (QED) is 0.631. The lowest BCUT2D eigenvalue weighted by atomic mass is 9.90. The van der Waals surface area contributed by atoms with Gasteiger partial charge in [-0.15, -0.1) is 11.3 Å². The first kappa shape index (κ1) is 20.8. The predicted octanol–water partition coefficient (Wildman–Crippen LogP) is 4.86. The Balaban J connectivity index is 2.14. The zero-order chi connectivity index (χ0) is 19.7. The number of thiazole rings is 1. The maximum absolute atomic E-state index is 13.1. The van der Waals surface area contributed by atoms with Gasteiger partial charge in [-0.25, -0.2) is 21.8 Å². The van der Waals surface area contributed by atoms with E-state index in [-0.39, 0.29) is 25.8 Å². The first-order chi connectivity index (χ1) is 12.8. The van der Waals surface area contributed by atoms with Crippen LogP contribution >= 0.6 is 22.9 Å². The molecule has 0 saturated heterocycles. The van der Waals surface area contributed by atoms with Crippen LogP contribution in [0, 0.1) is 0 Å². The molecule has 0 spiro atoms. The minimum atomic E-state index is -4.04. The summed E-state index contributed by atoms with van der Waals surface area (Å²) in [5, 5.41) is 0.703. The van der Waals surface area contributed by atoms with E-state index in [1.165, 1.54) is 24.3 Å². The van der Waals surface area contributed by atoms with E-state index < -0.39 is 19.7 Å². The molecule has 1 aliphatic carbocycles. The van der Waals surface area contributed by atoms with Crippen LogP contribution in [0.4, 0.5) is 0 Å². The van der Waals surface area contributed by atoms with Crippen LogP contribution in [0.25, 0.3) is 0 Å². The van der Waals surface area contributed by atoms with Gasteiger partial charge in [-0.1, -0.05) is 37.8 Å². The highest BCUT2D eigenvalue weighted by Gasteiger charge is 2.34. The van der Waals surface area contributed by atoms with E-state index >= 15 is 0 Å². The van der Waals surface area contributed by atoms with Crippen LogP contribution in [0.5, 0.6) is 0 Å². The van der Waals surface area contributed by atoms with Gasteiger partial charge in [0.15, 0.2) is 19.1 Å². The lowest BCUT2D eigenvalue weighted by Crippen LogP contribution is -2.11. The third kappa shape index (κ3) is 4.39. The molecule has 1 aromatic carbocycles. The van der Waals surface area contributed by atoms with Gasteiger partial charge in [-0.2, -0.15) is 0 Å². The van der Waals surface area contributed by atoms with Crippen LogP contribution in [0.2, 0.25) is 5.02 Å². The topological polar surface area (TPSA) is 81.2 Å². The molecule has 3 rings (SSSR count). The van der Waals surface area contributed by atoms with Crippen LogP contribution < -0.4 is 0 Å². The number of benzene rings is 1. The standard InChI is InChI=1S/C18H22ClNO4S3/c1-2-12-26(21,22)18-17(20-16(25-18)13-6-4-3-5-7-13)27(23,24)15-10-8-14(19)9-11-15/h8-11,13H,2-7,12H2,1H3. The van der Waals surface area contributed by atoms with Gasteiger partial charge in [0, 0.05) is 10.9 Å². The minimum Gasteiger partial charge on any atom is -0.228 e. The van der Waals surface area contributed by atoms with Gasteiger partial charge in [0.05, 0.1) is 15.7 Å². The molecule has 0 unspecified atom stereocenters. The fourth-order valence-electron chi connectivity index (χ4n) is 3.28. The van der Waals surface area contributed by atoms with E-state index in [1.54, 1.807) is 6.92 Å². The molecule has 1 fully saturated rings. The summed E-state index contributed by atoms with van der Waals surface area (Å²) < 4.78 is 51.7. The van der Waals surface area contributed by atoms with Gasteiger partial charge < -0.3 is 0 Å². The third-order valence-electron chi connectivity index (χ3n) is 4.67. The van der Waals surface area contributed by atoms with E-state index in [2.05, 4.69) is 4.98 Å². The lowest BCUT2D eigenvalue weighted by molar-refractivity contribution is 0.441. The molecule has 148 valence electrons. The molecule has 9 heteroatoms. The monoisotopic (exact) mass is 447 g/mol. The third-order valence-corrected chi connectivity index (χ3v) is 10.6. The maximum atomic E-state index is 13.1. The van der Waals surface area contributed by atoms with Gasteiger partial charge in [-0.05, 0) is 43.5 Å². The van der Waals surface area contributed by atoms with Crippen molar-refractivity contribution in [3.63, 3.8) is 0 Å². The van der Waals surface area contributed by atoms with Crippen molar-refractivity contribution in [2.24, 2.45) is 0 Å². The average Bonchev–Trinajstić information content (AvgIpc) is 3.10. The smallest absolute Gasteiger partial charge is 0.226 e. The predicted molar refractivity (Wildman–Crippen MR) is 107 cm³/mol. The summed E-state index contributed by atoms with van der Waals surface area (Å²) in [6, 6.07) is 5.72. The number of aromatic nitrogens is 1. The molecule has 27 heavy (non-hydrogen) atoms. The molecule has 0 aliphatic heterocycles. The maximum Gasteiger partial charge on any atom is 0.226 e. The normalized spacial score (nSPS) is 16.5. The largest absolute Gasteiger partial charge is 0.228 e. The Morgan fingerprint density at radius 2 is 1.70 bits per heavy atom. The highest BCUT2D eigenvalue weighted by Crippen LogP contribution is 2.40. The van der Waals surface area contributed by atoms with E-state index in [0.717, 1.165) is 43.4 Å². The second-order valence-corrected chi connectivity index (χ2v) is 12.4. The molecular weight excluding hydrogens is 426 g/mol. The number of nitrogens with zero attached hydrogens (tertiary/aromatic N) is 1. The Hall–Kier alpha value is -0.960. The van der Waals surface area contributed by atoms with Crippen molar-refractivity contribution >= 4 is 42.6 Å². The molecule has 1 heterocycles. The minimum absolute atomic E-state index is 0.000317. The Morgan fingerprint density at radius 3 is 2.30 bits per heavy atom. The Kier molecular flexibility index (Phi) is 6.30. The Bertz CT molecular complexity index is 1010. The number of sulfone groups is 2. The van der Waals surface area contributed by atoms with Gasteiger partial charge in [0.2, 0.25) is 9.84 Å². The molecule has 0 bridgehead atoms. The van der Waals surface area contributed by atoms with E-state index in [0.29, 0.717) is 16.5 Å². The molecule has 1 aromatic heterocycles. The van der Waals surface area contributed by atoms with Crippen LogP contribution in [0.3, 0.4) is 0 Å². The van der Waals surface area contributed by atoms with Crippen molar-refractivity contribution in [1.82, 2.24) is 4.98 Å². The van der Waals surface area contributed by atoms with Gasteiger partial charge in [0.1, 0.15) is 0 Å². The zero-order valence-electron chi connectivity index (χ0n) is 15.0. The van der Waals surface area contributed by atoms with Crippen LogP contribution in [0.15, 0.2) is 38.4 Å². The molecule has 0 atom stereocenters. The Morgan fingerprint density at radius 1 is 1.07 bits per heavy atom. The molecule has 1 aliphatic rings. The molecule has 1 saturated carbocycles. The van der Waals surface area contributed by atoms with Crippen molar-refractivity contribution in [3.05, 3.63) is 34.3 Å². The second-order valence-electron chi connectivity index (χ2n) is 6.76. The summed E-state index contributed by atoms with van der Waals surface area (Å²) in [6.07, 6.45) is 5.52. The van der Waals surface area contributed by atoms with Crippen LogP contribution in [-0.4, -0.2) is 27.6 Å². The zero-order valence-corrected chi connectivity index (χ0v) is 18.2. The van der Waals surface area contributed by atoms with Crippen molar-refractivity contribution in [3.8, 4) is 0 Å². The summed E-state index contributed by atoms with van der Waals surface area (Å²) in [7, 11) is -7.75. The average molecular weight is 448 g/mol. The van der Waals surface area contributed by atoms with E-state index in [1.807, 2.05) is 0 Å². The summed E-state index contributed by atoms with van der Waals surface area (Å²) in [5.41, 5.74) is 0. The highest BCUT2D eigenvalue weighted by molar-refractivity contribution is 7.96. The molecule has 0 radical (unpaired) electrons. The molecule has 0 N–H and O–H groups in total. The van der Waals surface area contributed by atoms with Crippen LogP contribution in [0.1, 0.15) is 56.4 Å². The summed E-state index contributed by atoms with van der Waals surface area (Å²) in [6.45, 7) is 1.76. The van der Waals surface area contributed by atoms with E-state index in [9.17, 15) is 16.8 Å². The van der Waals surface area contributed by atoms with Crippen molar-refractivity contribution in [2.75, 3.05) is 5.75 Å².